The lowest BCUT2D eigenvalue weighted by Gasteiger charge is -2.04. The average molecular weight is 204 g/mol. The van der Waals surface area contributed by atoms with Gasteiger partial charge in [-0.3, -0.25) is 0 Å². The van der Waals surface area contributed by atoms with Gasteiger partial charge in [-0.1, -0.05) is 25.6 Å². The van der Waals surface area contributed by atoms with Gasteiger partial charge in [-0.05, 0) is 18.2 Å². The van der Waals surface area contributed by atoms with E-state index in [-0.39, 0.29) is 0 Å². The Morgan fingerprint density at radius 2 is 1.50 bits per heavy atom. The normalized spacial score (nSPS) is 10.5. The number of benzene rings is 1. The van der Waals surface area contributed by atoms with Crippen molar-refractivity contribution in [3.8, 4) is 11.5 Å². The Balaban J connectivity index is 3.02. The lowest BCUT2D eigenvalue weighted by atomic mass is 10.2. The maximum absolute atomic E-state index is 5.66. The molecular weight excluding hydrogens is 188 g/mol. The van der Waals surface area contributed by atoms with E-state index in [1.165, 1.54) is 0 Å². The van der Waals surface area contributed by atoms with Gasteiger partial charge >= 0.3 is 0 Å². The van der Waals surface area contributed by atoms with Crippen molar-refractivity contribution in [1.29, 1.82) is 0 Å². The largest absolute Gasteiger partial charge is 0.399 e. The monoisotopic (exact) mass is 204 g/mol. The molecule has 14 heavy (non-hydrogen) atoms. The van der Waals surface area contributed by atoms with Crippen LogP contribution in [0.15, 0.2) is 18.2 Å². The fourth-order valence-electron chi connectivity index (χ4n) is 1.01. The first kappa shape index (κ1) is 10.7. The van der Waals surface area contributed by atoms with Crippen molar-refractivity contribution >= 4 is 19.4 Å². The van der Waals surface area contributed by atoms with Crippen molar-refractivity contribution in [2.75, 3.05) is 11.5 Å². The van der Waals surface area contributed by atoms with E-state index in [4.69, 9.17) is 11.5 Å². The van der Waals surface area contributed by atoms with E-state index < -0.39 is 8.07 Å². The van der Waals surface area contributed by atoms with Crippen LogP contribution in [0.2, 0.25) is 19.6 Å². The molecule has 0 radical (unpaired) electrons. The van der Waals surface area contributed by atoms with Crippen LogP contribution in [0.5, 0.6) is 0 Å². The highest BCUT2D eigenvalue weighted by molar-refractivity contribution is 6.83. The molecule has 3 heteroatoms. The summed E-state index contributed by atoms with van der Waals surface area (Å²) in [5.74, 6) is 3.12. The highest BCUT2D eigenvalue weighted by atomic mass is 28.3. The second-order valence-electron chi connectivity index (χ2n) is 4.39. The first-order chi connectivity index (χ1) is 6.37. The third-order valence-corrected chi connectivity index (χ3v) is 2.43. The van der Waals surface area contributed by atoms with E-state index in [9.17, 15) is 0 Å². The zero-order valence-corrected chi connectivity index (χ0v) is 9.89. The summed E-state index contributed by atoms with van der Waals surface area (Å²) in [5, 5.41) is 0. The summed E-state index contributed by atoms with van der Waals surface area (Å²) in [7, 11) is -1.32. The van der Waals surface area contributed by atoms with Crippen molar-refractivity contribution in [3.05, 3.63) is 23.8 Å². The van der Waals surface area contributed by atoms with Gasteiger partial charge in [0.05, 0.1) is 0 Å². The molecule has 2 nitrogen and oxygen atoms in total. The summed E-state index contributed by atoms with van der Waals surface area (Å²) < 4.78 is 0. The molecule has 0 aromatic heterocycles. The fourth-order valence-corrected chi connectivity index (χ4v) is 1.53. The summed E-state index contributed by atoms with van der Waals surface area (Å²) in [6, 6.07) is 5.44. The molecule has 1 aromatic rings. The second-order valence-corrected chi connectivity index (χ2v) is 9.14. The van der Waals surface area contributed by atoms with Crippen molar-refractivity contribution in [2.24, 2.45) is 0 Å². The minimum absolute atomic E-state index is 0.671. The quantitative estimate of drug-likeness (QED) is 0.386. The number of nitrogens with two attached hydrogens (primary N) is 2. The van der Waals surface area contributed by atoms with Crippen molar-refractivity contribution in [3.63, 3.8) is 0 Å². The molecule has 0 atom stereocenters. The van der Waals surface area contributed by atoms with Gasteiger partial charge in [0, 0.05) is 16.9 Å². The first-order valence-corrected chi connectivity index (χ1v) is 8.06. The molecule has 0 spiro atoms. The number of hydrogen-bond donors (Lipinski definition) is 2. The van der Waals surface area contributed by atoms with Crippen molar-refractivity contribution in [2.45, 2.75) is 19.6 Å². The molecule has 0 aliphatic rings. The molecule has 4 N–H and O–H groups in total. The SMILES string of the molecule is C[Si](C)(C)C#Cc1cc(N)cc(N)c1. The van der Waals surface area contributed by atoms with Crippen LogP contribution in [0.25, 0.3) is 0 Å². The molecule has 0 fully saturated rings. The third-order valence-electron chi connectivity index (χ3n) is 1.56. The lowest BCUT2D eigenvalue weighted by Crippen LogP contribution is -2.16. The predicted molar refractivity (Wildman–Crippen MR) is 65.5 cm³/mol. The molecular formula is C11H16N2Si. The summed E-state index contributed by atoms with van der Waals surface area (Å²) in [4.78, 5) is 0. The molecule has 0 aliphatic heterocycles. The van der Waals surface area contributed by atoms with E-state index in [0.717, 1.165) is 5.56 Å². The highest BCUT2D eigenvalue weighted by Crippen LogP contribution is 2.12. The van der Waals surface area contributed by atoms with E-state index in [1.807, 2.05) is 12.1 Å². The molecule has 0 aliphatic carbocycles. The van der Waals surface area contributed by atoms with Crippen molar-refractivity contribution < 1.29 is 0 Å². The van der Waals surface area contributed by atoms with Gasteiger partial charge in [0.25, 0.3) is 0 Å². The summed E-state index contributed by atoms with van der Waals surface area (Å²) in [5.41, 5.74) is 16.8. The molecule has 0 amide bonds. The fraction of sp³-hybridized carbons (Fsp3) is 0.273. The zero-order chi connectivity index (χ0) is 10.8. The number of anilines is 2. The number of nitrogen functional groups attached to an aromatic ring is 2. The van der Waals surface area contributed by atoms with Gasteiger partial charge in [-0.15, -0.1) is 5.54 Å². The van der Waals surface area contributed by atoms with Gasteiger partial charge < -0.3 is 11.5 Å². The van der Waals surface area contributed by atoms with Crippen LogP contribution in [0.3, 0.4) is 0 Å². The van der Waals surface area contributed by atoms with Gasteiger partial charge in [0.1, 0.15) is 8.07 Å². The summed E-state index contributed by atoms with van der Waals surface area (Å²) in [6.07, 6.45) is 0. The summed E-state index contributed by atoms with van der Waals surface area (Å²) in [6.45, 7) is 6.61. The topological polar surface area (TPSA) is 52.0 Å². The van der Waals surface area contributed by atoms with Crippen LogP contribution in [-0.4, -0.2) is 8.07 Å². The molecule has 1 rings (SSSR count). The third kappa shape index (κ3) is 3.54. The van der Waals surface area contributed by atoms with Crippen LogP contribution >= 0.6 is 0 Å². The molecule has 0 bridgehead atoms. The van der Waals surface area contributed by atoms with Gasteiger partial charge in [-0.25, -0.2) is 0 Å². The van der Waals surface area contributed by atoms with Gasteiger partial charge in [0.15, 0.2) is 0 Å². The Labute approximate surface area is 86.3 Å². The molecule has 1 aromatic carbocycles. The summed E-state index contributed by atoms with van der Waals surface area (Å²) >= 11 is 0. The Hall–Kier alpha value is -1.40. The van der Waals surface area contributed by atoms with Crippen LogP contribution in [0.1, 0.15) is 5.56 Å². The highest BCUT2D eigenvalue weighted by Gasteiger charge is 2.07. The van der Waals surface area contributed by atoms with E-state index >= 15 is 0 Å². The smallest absolute Gasteiger partial charge is 0.129 e. The number of hydrogen-bond acceptors (Lipinski definition) is 2. The minimum Gasteiger partial charge on any atom is -0.399 e. The Kier molecular flexibility index (Phi) is 2.87. The maximum atomic E-state index is 5.66. The zero-order valence-electron chi connectivity index (χ0n) is 8.89. The standard InChI is InChI=1S/C11H16N2Si/c1-14(2,3)5-4-9-6-10(12)8-11(13)7-9/h6-8H,12-13H2,1-3H3. The number of rotatable bonds is 0. The van der Waals surface area contributed by atoms with Gasteiger partial charge in [0.2, 0.25) is 0 Å². The Bertz CT molecular complexity index is 374. The minimum atomic E-state index is -1.32. The van der Waals surface area contributed by atoms with Crippen LogP contribution in [0.4, 0.5) is 11.4 Å². The van der Waals surface area contributed by atoms with E-state index in [2.05, 4.69) is 31.1 Å². The van der Waals surface area contributed by atoms with Crippen LogP contribution < -0.4 is 11.5 Å². The molecule has 0 saturated heterocycles. The maximum Gasteiger partial charge on any atom is 0.129 e. The van der Waals surface area contributed by atoms with Crippen molar-refractivity contribution in [1.82, 2.24) is 0 Å². The molecule has 0 saturated carbocycles. The van der Waals surface area contributed by atoms with Crippen LogP contribution in [0, 0.1) is 11.5 Å². The van der Waals surface area contributed by atoms with Gasteiger partial charge in [-0.2, -0.15) is 0 Å². The Morgan fingerprint density at radius 1 is 1.00 bits per heavy atom. The van der Waals surface area contributed by atoms with E-state index in [1.54, 1.807) is 6.07 Å². The molecule has 74 valence electrons. The first-order valence-electron chi connectivity index (χ1n) is 4.56. The average Bonchev–Trinajstić information content (AvgIpc) is 1.97. The predicted octanol–water partition coefficient (Wildman–Crippen LogP) is 2.08. The molecule has 0 unspecified atom stereocenters. The molecule has 0 heterocycles. The lowest BCUT2D eigenvalue weighted by molar-refractivity contribution is 1.62. The second kappa shape index (κ2) is 3.77. The van der Waals surface area contributed by atoms with E-state index in [0.29, 0.717) is 11.4 Å². The Morgan fingerprint density at radius 3 is 1.93 bits per heavy atom. The van der Waals surface area contributed by atoms with Crippen LogP contribution in [-0.2, 0) is 0 Å².